The fourth-order valence-corrected chi connectivity index (χ4v) is 5.17. The van der Waals surface area contributed by atoms with Gasteiger partial charge in [-0.3, -0.25) is 14.7 Å². The molecule has 2 saturated heterocycles. The Kier molecular flexibility index (Phi) is 4.61. The summed E-state index contributed by atoms with van der Waals surface area (Å²) in [5.74, 6) is 0.311. The van der Waals surface area contributed by atoms with Gasteiger partial charge in [-0.25, -0.2) is 0 Å². The summed E-state index contributed by atoms with van der Waals surface area (Å²) < 4.78 is 0. The van der Waals surface area contributed by atoms with Crippen molar-refractivity contribution in [3.05, 3.63) is 52.0 Å². The maximum absolute atomic E-state index is 12.5. The third kappa shape index (κ3) is 3.48. The van der Waals surface area contributed by atoms with Crippen LogP contribution in [0.5, 0.6) is 0 Å². The lowest BCUT2D eigenvalue weighted by Gasteiger charge is -2.45. The minimum Gasteiger partial charge on any atom is -0.333 e. The van der Waals surface area contributed by atoms with Gasteiger partial charge in [0.05, 0.1) is 0 Å². The van der Waals surface area contributed by atoms with E-state index in [-0.39, 0.29) is 5.54 Å². The van der Waals surface area contributed by atoms with Crippen molar-refractivity contribution in [2.75, 3.05) is 13.1 Å². The molecular formula is C20H25N3OS. The van der Waals surface area contributed by atoms with Crippen molar-refractivity contribution in [2.24, 2.45) is 0 Å². The van der Waals surface area contributed by atoms with Crippen LogP contribution in [0.3, 0.4) is 0 Å². The van der Waals surface area contributed by atoms with E-state index in [1.807, 2.05) is 23.6 Å². The number of nitrogens with zero attached hydrogens (tertiary/aromatic N) is 3. The zero-order valence-electron chi connectivity index (χ0n) is 14.8. The average Bonchev–Trinajstić information content (AvgIpc) is 3.17. The first kappa shape index (κ1) is 16.7. The minimum atomic E-state index is 0.0643. The van der Waals surface area contributed by atoms with Crippen LogP contribution in [0.2, 0.25) is 0 Å². The number of carbonyl (C=O) groups excluding carboxylic acids is 1. The Bertz CT molecular complexity index is 734. The van der Waals surface area contributed by atoms with E-state index in [1.165, 1.54) is 9.75 Å². The molecule has 1 spiro atoms. The van der Waals surface area contributed by atoms with E-state index in [4.69, 9.17) is 0 Å². The largest absolute Gasteiger partial charge is 0.333 e. The molecule has 0 aromatic carbocycles. The normalized spacial score (nSPS) is 20.5. The smallest absolute Gasteiger partial charge is 0.223 e. The topological polar surface area (TPSA) is 36.4 Å². The highest BCUT2D eigenvalue weighted by Gasteiger charge is 2.46. The lowest BCUT2D eigenvalue weighted by atomic mass is 9.84. The van der Waals surface area contributed by atoms with E-state index in [2.05, 4.69) is 39.9 Å². The van der Waals surface area contributed by atoms with Crippen LogP contribution >= 0.6 is 11.3 Å². The van der Waals surface area contributed by atoms with Gasteiger partial charge in [0.2, 0.25) is 5.91 Å². The Morgan fingerprint density at radius 1 is 1.16 bits per heavy atom. The molecule has 4 heterocycles. The molecule has 4 rings (SSSR count). The highest BCUT2D eigenvalue weighted by molar-refractivity contribution is 7.11. The summed E-state index contributed by atoms with van der Waals surface area (Å²) in [4.78, 5) is 24.2. The highest BCUT2D eigenvalue weighted by Crippen LogP contribution is 2.40. The maximum Gasteiger partial charge on any atom is 0.223 e. The summed E-state index contributed by atoms with van der Waals surface area (Å²) in [6.45, 7) is 6.07. The Hall–Kier alpha value is -1.72. The number of thiophene rings is 1. The van der Waals surface area contributed by atoms with Crippen molar-refractivity contribution in [3.63, 3.8) is 0 Å². The second kappa shape index (κ2) is 6.89. The molecule has 1 amide bonds. The first-order valence-electron chi connectivity index (χ1n) is 9.12. The number of rotatable bonds is 4. The fraction of sp³-hybridized carbons (Fsp3) is 0.500. The molecule has 2 aliphatic heterocycles. The third-order valence-electron chi connectivity index (χ3n) is 5.70. The van der Waals surface area contributed by atoms with Crippen LogP contribution in [0.4, 0.5) is 0 Å². The number of amides is 1. The molecular weight excluding hydrogens is 330 g/mol. The molecule has 0 bridgehead atoms. The molecule has 25 heavy (non-hydrogen) atoms. The first-order valence-corrected chi connectivity index (χ1v) is 9.93. The van der Waals surface area contributed by atoms with Gasteiger partial charge in [0.15, 0.2) is 0 Å². The summed E-state index contributed by atoms with van der Waals surface area (Å²) in [5.41, 5.74) is 1.20. The standard InChI is InChI=1S/C20H25N3OS/c1-16-4-5-18(25-16)15-22-11-8-20(9-12-22)7-6-19(24)23(20)14-17-3-2-10-21-13-17/h2-5,10,13H,6-9,11-12,14-15H2,1H3. The van der Waals surface area contributed by atoms with Crippen molar-refractivity contribution in [2.45, 2.75) is 51.2 Å². The van der Waals surface area contributed by atoms with Crippen LogP contribution in [0, 0.1) is 6.92 Å². The number of hydrogen-bond acceptors (Lipinski definition) is 4. The fourth-order valence-electron chi connectivity index (χ4n) is 4.24. The number of pyridine rings is 1. The summed E-state index contributed by atoms with van der Waals surface area (Å²) in [6.07, 6.45) is 7.55. The highest BCUT2D eigenvalue weighted by atomic mass is 32.1. The molecule has 0 N–H and O–H groups in total. The van der Waals surface area contributed by atoms with Crippen molar-refractivity contribution in [3.8, 4) is 0 Å². The molecule has 2 aromatic heterocycles. The number of hydrogen-bond donors (Lipinski definition) is 0. The van der Waals surface area contributed by atoms with Gasteiger partial charge in [-0.2, -0.15) is 0 Å². The number of aryl methyl sites for hydroxylation is 1. The molecule has 2 fully saturated rings. The van der Waals surface area contributed by atoms with E-state index in [0.29, 0.717) is 18.9 Å². The Morgan fingerprint density at radius 3 is 2.68 bits per heavy atom. The van der Waals surface area contributed by atoms with Crippen molar-refractivity contribution < 1.29 is 4.79 Å². The zero-order chi connectivity index (χ0) is 17.3. The zero-order valence-corrected chi connectivity index (χ0v) is 15.6. The molecule has 2 aliphatic rings. The summed E-state index contributed by atoms with van der Waals surface area (Å²) in [5, 5.41) is 0. The van der Waals surface area contributed by atoms with Crippen LogP contribution in [-0.4, -0.2) is 39.3 Å². The predicted octanol–water partition coefficient (Wildman–Crippen LogP) is 3.61. The number of carbonyl (C=O) groups is 1. The second-order valence-electron chi connectivity index (χ2n) is 7.35. The molecule has 4 nitrogen and oxygen atoms in total. The van der Waals surface area contributed by atoms with Crippen LogP contribution in [-0.2, 0) is 17.9 Å². The van der Waals surface area contributed by atoms with Gasteiger partial charge in [0.25, 0.3) is 0 Å². The number of likely N-dealkylation sites (tertiary alicyclic amines) is 2. The summed E-state index contributed by atoms with van der Waals surface area (Å²) in [7, 11) is 0. The van der Waals surface area contributed by atoms with Crippen molar-refractivity contribution >= 4 is 17.2 Å². The monoisotopic (exact) mass is 355 g/mol. The van der Waals surface area contributed by atoms with Gasteiger partial charge in [-0.1, -0.05) is 6.07 Å². The molecule has 2 aromatic rings. The Morgan fingerprint density at radius 2 is 2.00 bits per heavy atom. The Labute approximate surface area is 153 Å². The van der Waals surface area contributed by atoms with Crippen molar-refractivity contribution in [1.82, 2.24) is 14.8 Å². The van der Waals surface area contributed by atoms with Crippen LogP contribution < -0.4 is 0 Å². The lowest BCUT2D eigenvalue weighted by Crippen LogP contribution is -2.52. The average molecular weight is 356 g/mol. The molecule has 5 heteroatoms. The minimum absolute atomic E-state index is 0.0643. The van der Waals surface area contributed by atoms with E-state index < -0.39 is 0 Å². The van der Waals surface area contributed by atoms with Crippen LogP contribution in [0.1, 0.15) is 41.0 Å². The van der Waals surface area contributed by atoms with Crippen molar-refractivity contribution in [1.29, 1.82) is 0 Å². The van der Waals surface area contributed by atoms with E-state index in [1.54, 1.807) is 6.20 Å². The quantitative estimate of drug-likeness (QED) is 0.841. The molecule has 0 unspecified atom stereocenters. The summed E-state index contributed by atoms with van der Waals surface area (Å²) in [6, 6.07) is 8.48. The predicted molar refractivity (Wildman–Crippen MR) is 100 cm³/mol. The molecule has 0 radical (unpaired) electrons. The van der Waals surface area contributed by atoms with Gasteiger partial charge in [0.1, 0.15) is 0 Å². The Balaban J connectivity index is 1.42. The van der Waals surface area contributed by atoms with E-state index >= 15 is 0 Å². The number of piperidine rings is 1. The lowest BCUT2D eigenvalue weighted by molar-refractivity contribution is -0.133. The van der Waals surface area contributed by atoms with Crippen LogP contribution in [0.15, 0.2) is 36.7 Å². The maximum atomic E-state index is 12.5. The SMILES string of the molecule is Cc1ccc(CN2CCC3(CCC(=O)N3Cc3cccnc3)CC2)s1. The molecule has 0 atom stereocenters. The molecule has 0 saturated carbocycles. The summed E-state index contributed by atoms with van der Waals surface area (Å²) >= 11 is 1.89. The van der Waals surface area contributed by atoms with Gasteiger partial charge < -0.3 is 4.90 Å². The van der Waals surface area contributed by atoms with E-state index in [0.717, 1.165) is 44.5 Å². The van der Waals surface area contributed by atoms with Gasteiger partial charge in [-0.15, -0.1) is 11.3 Å². The van der Waals surface area contributed by atoms with Crippen LogP contribution in [0.25, 0.3) is 0 Å². The number of aromatic nitrogens is 1. The first-order chi connectivity index (χ1) is 12.1. The second-order valence-corrected chi connectivity index (χ2v) is 8.73. The van der Waals surface area contributed by atoms with Gasteiger partial charge in [-0.05, 0) is 49.9 Å². The molecule has 0 aliphatic carbocycles. The van der Waals surface area contributed by atoms with Gasteiger partial charge in [0, 0.05) is 60.3 Å². The van der Waals surface area contributed by atoms with E-state index in [9.17, 15) is 4.79 Å². The van der Waals surface area contributed by atoms with Gasteiger partial charge >= 0.3 is 0 Å². The molecule has 132 valence electrons. The third-order valence-corrected chi connectivity index (χ3v) is 6.69.